The summed E-state index contributed by atoms with van der Waals surface area (Å²) in [6.07, 6.45) is 3.01. The zero-order valence-corrected chi connectivity index (χ0v) is 20.5. The first-order valence-electron chi connectivity index (χ1n) is 10.8. The molecule has 0 unspecified atom stereocenters. The number of hydrogen-bond acceptors (Lipinski definition) is 3. The van der Waals surface area contributed by atoms with Gasteiger partial charge in [-0.25, -0.2) is 0 Å². The number of aromatic nitrogens is 1. The maximum absolute atomic E-state index is 6.57. The maximum Gasteiger partial charge on any atom is 0.180 e. The highest BCUT2D eigenvalue weighted by molar-refractivity contribution is 6.42. The van der Waals surface area contributed by atoms with E-state index in [1.54, 1.807) is 12.1 Å². The average Bonchev–Trinajstić information content (AvgIpc) is 3.22. The maximum atomic E-state index is 6.57. The summed E-state index contributed by atoms with van der Waals surface area (Å²) in [5, 5.41) is 6.27. The van der Waals surface area contributed by atoms with Crippen LogP contribution in [-0.2, 0) is 19.6 Å². The molecule has 4 rings (SSSR count). The number of para-hydroxylation sites is 1. The number of fused-ring (bicyclic) bond motifs is 1. The van der Waals surface area contributed by atoms with Gasteiger partial charge in [-0.3, -0.25) is 0 Å². The van der Waals surface area contributed by atoms with Crippen molar-refractivity contribution in [2.24, 2.45) is 0 Å². The van der Waals surface area contributed by atoms with Crippen LogP contribution < -0.4 is 14.8 Å². The van der Waals surface area contributed by atoms with Gasteiger partial charge in [-0.1, -0.05) is 59.1 Å². The van der Waals surface area contributed by atoms with Crippen molar-refractivity contribution in [3.63, 3.8) is 0 Å². The highest BCUT2D eigenvalue weighted by Gasteiger charge is 2.13. The molecule has 7 heteroatoms. The number of benzene rings is 3. The highest BCUT2D eigenvalue weighted by atomic mass is 35.5. The Kier molecular flexibility index (Phi) is 8.05. The van der Waals surface area contributed by atoms with Crippen molar-refractivity contribution in [2.45, 2.75) is 26.5 Å². The summed E-state index contributed by atoms with van der Waals surface area (Å²) in [7, 11) is 0. The normalized spacial score (nSPS) is 11.2. The summed E-state index contributed by atoms with van der Waals surface area (Å²) in [5.74, 6) is 1.14. The van der Waals surface area contributed by atoms with Gasteiger partial charge in [0.1, 0.15) is 6.61 Å². The Balaban J connectivity index is 1.38. The molecule has 0 saturated carbocycles. The average molecular weight is 504 g/mol. The molecule has 172 valence electrons. The molecule has 3 aromatic carbocycles. The van der Waals surface area contributed by atoms with E-state index in [0.29, 0.717) is 46.3 Å². The van der Waals surface area contributed by atoms with E-state index in [9.17, 15) is 0 Å². The SMILES string of the molecule is CCOc1cc(CNCCc2c[nH]c3ccccc23)cc(Cl)c1OCc1ccc(Cl)c(Cl)c1. The van der Waals surface area contributed by atoms with Crippen LogP contribution in [0.1, 0.15) is 23.6 Å². The number of H-pyrrole nitrogens is 1. The van der Waals surface area contributed by atoms with Crippen LogP contribution in [0, 0.1) is 0 Å². The molecular weight excluding hydrogens is 479 g/mol. The second-order valence-corrected chi connectivity index (χ2v) is 8.88. The first-order valence-corrected chi connectivity index (χ1v) is 12.0. The van der Waals surface area contributed by atoms with Crippen molar-refractivity contribution in [2.75, 3.05) is 13.2 Å². The predicted octanol–water partition coefficient (Wildman–Crippen LogP) is 7.44. The first kappa shape index (κ1) is 23.8. The van der Waals surface area contributed by atoms with Crippen LogP contribution >= 0.6 is 34.8 Å². The molecule has 0 saturated heterocycles. The zero-order chi connectivity index (χ0) is 23.2. The summed E-state index contributed by atoms with van der Waals surface area (Å²) in [6.45, 7) is 4.27. The van der Waals surface area contributed by atoms with Crippen LogP contribution in [-0.4, -0.2) is 18.1 Å². The van der Waals surface area contributed by atoms with E-state index >= 15 is 0 Å². The zero-order valence-electron chi connectivity index (χ0n) is 18.3. The third-order valence-corrected chi connectivity index (χ3v) is 6.33. The van der Waals surface area contributed by atoms with Crippen LogP contribution in [0.5, 0.6) is 11.5 Å². The van der Waals surface area contributed by atoms with Gasteiger partial charge in [0, 0.05) is 23.6 Å². The molecule has 0 amide bonds. The van der Waals surface area contributed by atoms with E-state index in [2.05, 4.69) is 34.7 Å². The Morgan fingerprint density at radius 1 is 0.879 bits per heavy atom. The molecule has 0 fully saturated rings. The minimum atomic E-state index is 0.304. The fraction of sp³-hybridized carbons (Fsp3) is 0.231. The van der Waals surface area contributed by atoms with Crippen molar-refractivity contribution >= 4 is 45.7 Å². The molecule has 2 N–H and O–H groups in total. The monoisotopic (exact) mass is 502 g/mol. The quantitative estimate of drug-likeness (QED) is 0.221. The number of halogens is 3. The summed E-state index contributed by atoms with van der Waals surface area (Å²) in [5.41, 5.74) is 4.39. The molecule has 1 heterocycles. The highest BCUT2D eigenvalue weighted by Crippen LogP contribution is 2.37. The lowest BCUT2D eigenvalue weighted by Gasteiger charge is -2.16. The second-order valence-electron chi connectivity index (χ2n) is 7.66. The van der Waals surface area contributed by atoms with Gasteiger partial charge in [0.2, 0.25) is 0 Å². The lowest BCUT2D eigenvalue weighted by molar-refractivity contribution is 0.269. The number of hydrogen-bond donors (Lipinski definition) is 2. The van der Waals surface area contributed by atoms with Gasteiger partial charge >= 0.3 is 0 Å². The first-order chi connectivity index (χ1) is 16.0. The molecule has 0 aliphatic carbocycles. The van der Waals surface area contributed by atoms with E-state index in [1.165, 1.54) is 10.9 Å². The topological polar surface area (TPSA) is 46.3 Å². The molecular formula is C26H25Cl3N2O2. The lowest BCUT2D eigenvalue weighted by Crippen LogP contribution is -2.16. The number of nitrogens with one attached hydrogen (secondary N) is 2. The van der Waals surface area contributed by atoms with E-state index in [0.717, 1.165) is 29.6 Å². The third kappa shape index (κ3) is 5.96. The molecule has 1 aromatic heterocycles. The van der Waals surface area contributed by atoms with Gasteiger partial charge in [-0.15, -0.1) is 0 Å². The molecule has 33 heavy (non-hydrogen) atoms. The minimum absolute atomic E-state index is 0.304. The van der Waals surface area contributed by atoms with Crippen molar-refractivity contribution < 1.29 is 9.47 Å². The molecule has 0 atom stereocenters. The molecule has 0 radical (unpaired) electrons. The standard InChI is InChI=1S/C26H25Cl3N2O2/c1-2-32-25-13-18(14-30-10-9-19-15-31-24-6-4-3-5-20(19)24)12-23(29)26(25)33-16-17-7-8-21(27)22(28)11-17/h3-8,11-13,15,30-31H,2,9-10,14,16H2,1H3. The van der Waals surface area contributed by atoms with Crippen molar-refractivity contribution in [1.82, 2.24) is 10.3 Å². The summed E-state index contributed by atoms with van der Waals surface area (Å²) in [4.78, 5) is 3.32. The molecule has 0 bridgehead atoms. The smallest absolute Gasteiger partial charge is 0.180 e. The van der Waals surface area contributed by atoms with Crippen LogP contribution in [0.2, 0.25) is 15.1 Å². The Morgan fingerprint density at radius 3 is 2.52 bits per heavy atom. The fourth-order valence-corrected chi connectivity index (χ4v) is 4.31. The lowest BCUT2D eigenvalue weighted by atomic mass is 10.1. The largest absolute Gasteiger partial charge is 0.490 e. The minimum Gasteiger partial charge on any atom is -0.490 e. The van der Waals surface area contributed by atoms with E-state index < -0.39 is 0 Å². The Labute approximate surface area is 208 Å². The van der Waals surface area contributed by atoms with E-state index in [1.807, 2.05) is 31.2 Å². The molecule has 4 aromatic rings. The van der Waals surface area contributed by atoms with Gasteiger partial charge < -0.3 is 19.8 Å². The van der Waals surface area contributed by atoms with E-state index in [-0.39, 0.29) is 0 Å². The van der Waals surface area contributed by atoms with E-state index in [4.69, 9.17) is 44.3 Å². The summed E-state index contributed by atoms with van der Waals surface area (Å²) < 4.78 is 11.8. The van der Waals surface area contributed by atoms with Gasteiger partial charge in [0.05, 0.1) is 21.7 Å². The van der Waals surface area contributed by atoms with Crippen molar-refractivity contribution in [3.05, 3.63) is 92.6 Å². The molecule has 0 aliphatic rings. The molecule has 0 spiro atoms. The Bertz CT molecular complexity index is 1240. The van der Waals surface area contributed by atoms with Crippen LogP contribution in [0.3, 0.4) is 0 Å². The van der Waals surface area contributed by atoms with Crippen LogP contribution in [0.4, 0.5) is 0 Å². The van der Waals surface area contributed by atoms with Gasteiger partial charge in [0.25, 0.3) is 0 Å². The van der Waals surface area contributed by atoms with Gasteiger partial charge in [0.15, 0.2) is 11.5 Å². The Hall–Kier alpha value is -2.37. The third-order valence-electron chi connectivity index (χ3n) is 5.31. The van der Waals surface area contributed by atoms with Crippen LogP contribution in [0.25, 0.3) is 10.9 Å². The van der Waals surface area contributed by atoms with Gasteiger partial charge in [-0.05, 0) is 66.9 Å². The fourth-order valence-electron chi connectivity index (χ4n) is 3.71. The van der Waals surface area contributed by atoms with Crippen LogP contribution in [0.15, 0.2) is 60.8 Å². The molecule has 0 aliphatic heterocycles. The molecule has 4 nitrogen and oxygen atoms in total. The number of rotatable bonds is 10. The van der Waals surface area contributed by atoms with Gasteiger partial charge in [-0.2, -0.15) is 0 Å². The van der Waals surface area contributed by atoms with Crippen molar-refractivity contribution in [3.8, 4) is 11.5 Å². The summed E-state index contributed by atoms with van der Waals surface area (Å²) >= 11 is 18.7. The summed E-state index contributed by atoms with van der Waals surface area (Å²) in [6, 6.07) is 17.6. The number of aromatic amines is 1. The predicted molar refractivity (Wildman–Crippen MR) is 137 cm³/mol. The van der Waals surface area contributed by atoms with Crippen molar-refractivity contribution in [1.29, 1.82) is 0 Å². The second kappa shape index (κ2) is 11.2. The number of ether oxygens (including phenoxy) is 2. The Morgan fingerprint density at radius 2 is 1.70 bits per heavy atom.